The largest absolute Gasteiger partial charge is 0.492 e. The van der Waals surface area contributed by atoms with E-state index in [4.69, 9.17) is 9.72 Å². The Morgan fingerprint density at radius 1 is 1.02 bits per heavy atom. The number of nitrogens with one attached hydrogen (secondary N) is 3. The summed E-state index contributed by atoms with van der Waals surface area (Å²) in [6.45, 7) is 3.11. The number of ether oxygens (including phenoxy) is 1. The Labute approximate surface area is 247 Å². The number of nitrogens with zero attached hydrogens (tertiary/aromatic N) is 5. The van der Waals surface area contributed by atoms with Crippen molar-refractivity contribution < 1.29 is 13.9 Å². The van der Waals surface area contributed by atoms with Crippen LogP contribution in [0.2, 0.25) is 0 Å². The first-order valence-electron chi connectivity index (χ1n) is 14.0. The number of carbonyl (C=O) groups excluding carboxylic acids is 1. The molecule has 6 rings (SSSR count). The molecule has 0 bridgehead atoms. The molecule has 11 heteroatoms. The molecule has 5 heterocycles. The van der Waals surface area contributed by atoms with Crippen molar-refractivity contribution in [3.63, 3.8) is 0 Å². The number of pyridine rings is 3. The first-order valence-corrected chi connectivity index (χ1v) is 14.0. The maximum Gasteiger partial charge on any atom is 0.224 e. The summed E-state index contributed by atoms with van der Waals surface area (Å²) in [7, 11) is 3.91. The van der Waals surface area contributed by atoms with Crippen LogP contribution >= 0.6 is 0 Å². The van der Waals surface area contributed by atoms with Crippen molar-refractivity contribution >= 4 is 33.5 Å². The first-order chi connectivity index (χ1) is 20.9. The number of hydrogen-bond acceptors (Lipinski definition) is 7. The number of H-pyrrole nitrogens is 2. The van der Waals surface area contributed by atoms with Gasteiger partial charge in [-0.25, -0.2) is 9.37 Å². The molecule has 0 spiro atoms. The molecule has 1 amide bonds. The molecule has 0 unspecified atom stereocenters. The van der Waals surface area contributed by atoms with Gasteiger partial charge in [0.2, 0.25) is 5.91 Å². The number of halogens is 1. The number of aromatic amines is 2. The molecule has 0 radical (unpaired) electrons. The van der Waals surface area contributed by atoms with Gasteiger partial charge in [0.05, 0.1) is 34.5 Å². The van der Waals surface area contributed by atoms with E-state index in [0.29, 0.717) is 59.2 Å². The fraction of sp³-hybridized carbons (Fsp3) is 0.219. The van der Waals surface area contributed by atoms with Gasteiger partial charge in [-0.1, -0.05) is 6.92 Å². The van der Waals surface area contributed by atoms with Crippen LogP contribution in [0.1, 0.15) is 19.8 Å². The van der Waals surface area contributed by atoms with Gasteiger partial charge in [0.15, 0.2) is 0 Å². The number of aromatic nitrogens is 6. The molecular formula is C32H31FN8O2. The summed E-state index contributed by atoms with van der Waals surface area (Å²) in [5, 5.41) is 11.3. The highest BCUT2D eigenvalue weighted by atomic mass is 19.1. The Hall–Kier alpha value is -5.16. The first kappa shape index (κ1) is 28.0. The highest BCUT2D eigenvalue weighted by Crippen LogP contribution is 2.34. The smallest absolute Gasteiger partial charge is 0.224 e. The zero-order valence-electron chi connectivity index (χ0n) is 24.1. The molecule has 43 heavy (non-hydrogen) atoms. The second-order valence-corrected chi connectivity index (χ2v) is 10.6. The van der Waals surface area contributed by atoms with E-state index in [2.05, 4.69) is 30.5 Å². The van der Waals surface area contributed by atoms with Gasteiger partial charge in [-0.15, -0.1) is 0 Å². The molecule has 0 saturated carbocycles. The summed E-state index contributed by atoms with van der Waals surface area (Å²) < 4.78 is 20.4. The Bertz CT molecular complexity index is 1930. The van der Waals surface area contributed by atoms with Crippen LogP contribution in [0.4, 0.5) is 10.1 Å². The number of likely N-dealkylation sites (N-methyl/N-ethyl adjacent to an activating group) is 1. The highest BCUT2D eigenvalue weighted by molar-refractivity contribution is 5.99. The fourth-order valence-electron chi connectivity index (χ4n) is 4.89. The van der Waals surface area contributed by atoms with Gasteiger partial charge in [0.25, 0.3) is 0 Å². The third-order valence-corrected chi connectivity index (χ3v) is 6.96. The maximum absolute atomic E-state index is 14.6. The number of rotatable bonds is 10. The molecule has 218 valence electrons. The van der Waals surface area contributed by atoms with Crippen molar-refractivity contribution in [3.05, 3.63) is 72.9 Å². The molecule has 5 aromatic heterocycles. The van der Waals surface area contributed by atoms with E-state index >= 15 is 0 Å². The zero-order chi connectivity index (χ0) is 29.9. The molecule has 0 aliphatic heterocycles. The number of carbonyl (C=O) groups is 1. The van der Waals surface area contributed by atoms with Crippen molar-refractivity contribution in [2.75, 3.05) is 32.6 Å². The molecule has 0 atom stereocenters. The van der Waals surface area contributed by atoms with Gasteiger partial charge in [-0.05, 0) is 63.0 Å². The fourth-order valence-corrected chi connectivity index (χ4v) is 4.89. The highest BCUT2D eigenvalue weighted by Gasteiger charge is 2.17. The minimum Gasteiger partial charge on any atom is -0.492 e. The minimum atomic E-state index is -0.398. The SMILES string of the molecule is CCCC(=O)Nc1cncc(-c2ccc3[nH]nc(-c4cc5c(-c6cc(F)cc(OCCN(C)C)c6)nccc5[nH]4)c3n2)c1. The number of hydrogen-bond donors (Lipinski definition) is 3. The van der Waals surface area contributed by atoms with Gasteiger partial charge >= 0.3 is 0 Å². The van der Waals surface area contributed by atoms with E-state index in [1.165, 1.54) is 12.1 Å². The lowest BCUT2D eigenvalue weighted by molar-refractivity contribution is -0.116. The maximum atomic E-state index is 14.6. The molecule has 10 nitrogen and oxygen atoms in total. The third kappa shape index (κ3) is 6.07. The van der Waals surface area contributed by atoms with Crippen LogP contribution in [0.15, 0.2) is 67.1 Å². The molecular weight excluding hydrogens is 547 g/mol. The molecule has 1 aromatic carbocycles. The lowest BCUT2D eigenvalue weighted by atomic mass is 10.1. The minimum absolute atomic E-state index is 0.0547. The molecule has 0 saturated heterocycles. The summed E-state index contributed by atoms with van der Waals surface area (Å²) in [6, 6.07) is 14.1. The van der Waals surface area contributed by atoms with E-state index in [1.807, 2.05) is 56.3 Å². The van der Waals surface area contributed by atoms with Crippen molar-refractivity contribution in [1.82, 2.24) is 35.0 Å². The predicted molar refractivity (Wildman–Crippen MR) is 165 cm³/mol. The average Bonchev–Trinajstić information content (AvgIpc) is 3.60. The van der Waals surface area contributed by atoms with Gasteiger partial charge in [-0.2, -0.15) is 5.10 Å². The van der Waals surface area contributed by atoms with Crippen molar-refractivity contribution in [2.24, 2.45) is 0 Å². The molecule has 6 aromatic rings. The molecule has 0 fully saturated rings. The van der Waals surface area contributed by atoms with Crippen LogP contribution in [0.25, 0.3) is 55.8 Å². The summed E-state index contributed by atoms with van der Waals surface area (Å²) in [5.74, 6) is -0.00340. The Morgan fingerprint density at radius 2 is 1.91 bits per heavy atom. The second-order valence-electron chi connectivity index (χ2n) is 10.6. The van der Waals surface area contributed by atoms with Crippen molar-refractivity contribution in [1.29, 1.82) is 0 Å². The van der Waals surface area contributed by atoms with Crippen LogP contribution in [-0.4, -0.2) is 68.2 Å². The molecule has 0 aliphatic carbocycles. The number of benzene rings is 1. The monoisotopic (exact) mass is 578 g/mol. The lowest BCUT2D eigenvalue weighted by Gasteiger charge is -2.12. The Balaban J connectivity index is 1.35. The van der Waals surface area contributed by atoms with Crippen LogP contribution in [0, 0.1) is 5.82 Å². The standard InChI is InChI=1S/C32H31FN8O2/c1-4-5-29(42)36-22-13-20(17-34-18-22)25-6-7-27-31(38-25)32(40-39-27)28-16-24-26(37-28)8-9-35-30(24)19-12-21(33)15-23(14-19)43-11-10-41(2)3/h6-9,12-18,37H,4-5,10-11H2,1-3H3,(H,36,42)(H,39,40). The number of anilines is 1. The zero-order valence-corrected chi connectivity index (χ0v) is 24.1. The van der Waals surface area contributed by atoms with E-state index in [-0.39, 0.29) is 5.91 Å². The number of fused-ring (bicyclic) bond motifs is 2. The number of amides is 1. The van der Waals surface area contributed by atoms with Crippen LogP contribution in [0.3, 0.4) is 0 Å². The molecule has 0 aliphatic rings. The summed E-state index contributed by atoms with van der Waals surface area (Å²) in [5.41, 5.74) is 6.93. The third-order valence-electron chi connectivity index (χ3n) is 6.96. The average molecular weight is 579 g/mol. The van der Waals surface area contributed by atoms with Gasteiger partial charge in [-0.3, -0.25) is 19.9 Å². The van der Waals surface area contributed by atoms with Crippen LogP contribution in [0.5, 0.6) is 5.75 Å². The summed E-state index contributed by atoms with van der Waals surface area (Å²) in [4.78, 5) is 31.3. The van der Waals surface area contributed by atoms with Crippen LogP contribution in [-0.2, 0) is 4.79 Å². The van der Waals surface area contributed by atoms with Gasteiger partial charge in [0, 0.05) is 53.5 Å². The van der Waals surface area contributed by atoms with E-state index in [9.17, 15) is 9.18 Å². The van der Waals surface area contributed by atoms with E-state index in [1.54, 1.807) is 24.7 Å². The van der Waals surface area contributed by atoms with Crippen molar-refractivity contribution in [2.45, 2.75) is 19.8 Å². The topological polar surface area (TPSA) is 125 Å². The Morgan fingerprint density at radius 3 is 2.74 bits per heavy atom. The normalized spacial score (nSPS) is 11.5. The summed E-state index contributed by atoms with van der Waals surface area (Å²) in [6.07, 6.45) is 6.22. The Kier molecular flexibility index (Phi) is 7.80. The predicted octanol–water partition coefficient (Wildman–Crippen LogP) is 6.05. The second kappa shape index (κ2) is 12.0. The van der Waals surface area contributed by atoms with Gasteiger partial charge < -0.3 is 19.9 Å². The summed E-state index contributed by atoms with van der Waals surface area (Å²) >= 11 is 0. The quantitative estimate of drug-likeness (QED) is 0.181. The van der Waals surface area contributed by atoms with E-state index < -0.39 is 5.82 Å². The van der Waals surface area contributed by atoms with Crippen molar-refractivity contribution in [3.8, 4) is 39.7 Å². The van der Waals surface area contributed by atoms with E-state index in [0.717, 1.165) is 34.1 Å². The van der Waals surface area contributed by atoms with Crippen LogP contribution < -0.4 is 10.1 Å². The lowest BCUT2D eigenvalue weighted by Crippen LogP contribution is -2.19. The molecule has 3 N–H and O–H groups in total. The van der Waals surface area contributed by atoms with Gasteiger partial charge in [0.1, 0.15) is 29.4 Å².